The largest absolute Gasteiger partial charge is 0.493 e. The maximum absolute atomic E-state index is 12.7. The van der Waals surface area contributed by atoms with E-state index in [1.165, 1.54) is 5.56 Å². The predicted molar refractivity (Wildman–Crippen MR) is 112 cm³/mol. The van der Waals surface area contributed by atoms with E-state index in [0.717, 1.165) is 24.3 Å². The third-order valence-electron chi connectivity index (χ3n) is 5.35. The quantitative estimate of drug-likeness (QED) is 0.818. The van der Waals surface area contributed by atoms with Crippen LogP contribution in [0.25, 0.3) is 0 Å². The second-order valence-electron chi connectivity index (χ2n) is 7.40. The molecule has 1 saturated heterocycles. The molecule has 2 aromatic rings. The molecular formula is C22H24ClN3O3. The third-order valence-corrected chi connectivity index (χ3v) is 5.68. The van der Waals surface area contributed by atoms with Gasteiger partial charge in [0, 0.05) is 32.6 Å². The van der Waals surface area contributed by atoms with Crippen molar-refractivity contribution in [3.8, 4) is 5.75 Å². The third kappa shape index (κ3) is 4.89. The first-order valence-corrected chi connectivity index (χ1v) is 10.3. The molecule has 7 heteroatoms. The number of carbonyl (C=O) groups is 2. The van der Waals surface area contributed by atoms with Crippen molar-refractivity contribution < 1.29 is 14.3 Å². The van der Waals surface area contributed by atoms with Crippen LogP contribution in [0.4, 0.5) is 5.69 Å². The number of nitrogens with zero attached hydrogens (tertiary/aromatic N) is 2. The van der Waals surface area contributed by atoms with Crippen LogP contribution in [0.5, 0.6) is 5.75 Å². The van der Waals surface area contributed by atoms with Gasteiger partial charge in [0.25, 0.3) is 0 Å². The van der Waals surface area contributed by atoms with Crippen molar-refractivity contribution in [1.29, 1.82) is 0 Å². The summed E-state index contributed by atoms with van der Waals surface area (Å²) in [4.78, 5) is 28.9. The van der Waals surface area contributed by atoms with Gasteiger partial charge in [-0.25, -0.2) is 0 Å². The van der Waals surface area contributed by atoms with Crippen LogP contribution in [-0.2, 0) is 22.4 Å². The van der Waals surface area contributed by atoms with Crippen molar-refractivity contribution in [2.45, 2.75) is 12.8 Å². The molecule has 1 fully saturated rings. The molecule has 0 atom stereocenters. The monoisotopic (exact) mass is 413 g/mol. The van der Waals surface area contributed by atoms with Gasteiger partial charge in [-0.05, 0) is 29.3 Å². The molecule has 6 nitrogen and oxygen atoms in total. The van der Waals surface area contributed by atoms with Gasteiger partial charge in [0.2, 0.25) is 11.8 Å². The molecule has 2 aromatic carbocycles. The molecule has 1 N–H and O–H groups in total. The van der Waals surface area contributed by atoms with Gasteiger partial charge in [0.05, 0.1) is 30.3 Å². The van der Waals surface area contributed by atoms with E-state index in [9.17, 15) is 9.59 Å². The smallest absolute Gasteiger partial charge is 0.238 e. The van der Waals surface area contributed by atoms with Crippen LogP contribution in [0.1, 0.15) is 11.1 Å². The first-order valence-electron chi connectivity index (χ1n) is 9.87. The summed E-state index contributed by atoms with van der Waals surface area (Å²) < 4.78 is 5.52. The van der Waals surface area contributed by atoms with E-state index in [1.54, 1.807) is 12.1 Å². The number of hydrogen-bond donors (Lipinski definition) is 1. The Balaban J connectivity index is 1.24. The fraction of sp³-hybridized carbons (Fsp3) is 0.364. The summed E-state index contributed by atoms with van der Waals surface area (Å²) in [6.07, 6.45) is 1.31. The summed E-state index contributed by atoms with van der Waals surface area (Å²) >= 11 is 6.08. The molecule has 0 radical (unpaired) electrons. The zero-order valence-corrected chi connectivity index (χ0v) is 17.0. The van der Waals surface area contributed by atoms with Gasteiger partial charge < -0.3 is 15.0 Å². The summed E-state index contributed by atoms with van der Waals surface area (Å²) in [6, 6.07) is 13.2. The fourth-order valence-corrected chi connectivity index (χ4v) is 3.93. The number of rotatable bonds is 5. The Morgan fingerprint density at radius 2 is 1.86 bits per heavy atom. The van der Waals surface area contributed by atoms with E-state index >= 15 is 0 Å². The average Bonchev–Trinajstić information content (AvgIpc) is 3.18. The number of amides is 2. The van der Waals surface area contributed by atoms with Crippen LogP contribution in [0.15, 0.2) is 42.5 Å². The normalized spacial score (nSPS) is 16.2. The lowest BCUT2D eigenvalue weighted by Crippen LogP contribution is -2.50. The SMILES string of the molecule is O=C(CN1CCN(C(=O)Cc2ccc3c(c2)CCO3)CC1)Nc1ccccc1Cl. The van der Waals surface area contributed by atoms with Gasteiger partial charge in [-0.3, -0.25) is 14.5 Å². The second kappa shape index (κ2) is 8.84. The molecule has 4 rings (SSSR count). The Kier molecular flexibility index (Phi) is 6.02. The van der Waals surface area contributed by atoms with Crippen LogP contribution in [0.3, 0.4) is 0 Å². The molecule has 29 heavy (non-hydrogen) atoms. The van der Waals surface area contributed by atoms with Crippen LogP contribution in [0.2, 0.25) is 5.02 Å². The van der Waals surface area contributed by atoms with Gasteiger partial charge in [0.15, 0.2) is 0 Å². The number of para-hydroxylation sites is 1. The first kappa shape index (κ1) is 19.7. The molecule has 2 aliphatic rings. The molecular weight excluding hydrogens is 390 g/mol. The van der Waals surface area contributed by atoms with Gasteiger partial charge in [-0.1, -0.05) is 35.9 Å². The number of ether oxygens (including phenoxy) is 1. The average molecular weight is 414 g/mol. The number of fused-ring (bicyclic) bond motifs is 1. The maximum Gasteiger partial charge on any atom is 0.238 e. The minimum Gasteiger partial charge on any atom is -0.493 e. The number of anilines is 1. The molecule has 0 bridgehead atoms. The number of hydrogen-bond acceptors (Lipinski definition) is 4. The van der Waals surface area contributed by atoms with E-state index in [0.29, 0.717) is 43.3 Å². The molecule has 0 unspecified atom stereocenters. The zero-order valence-electron chi connectivity index (χ0n) is 16.2. The molecule has 0 aliphatic carbocycles. The van der Waals surface area contributed by atoms with Crippen LogP contribution >= 0.6 is 11.6 Å². The van der Waals surface area contributed by atoms with Gasteiger partial charge >= 0.3 is 0 Å². The number of halogens is 1. The number of nitrogens with one attached hydrogen (secondary N) is 1. The first-order chi connectivity index (χ1) is 14.1. The van der Waals surface area contributed by atoms with E-state index in [-0.39, 0.29) is 18.4 Å². The lowest BCUT2D eigenvalue weighted by atomic mass is 10.1. The Hall–Kier alpha value is -2.57. The van der Waals surface area contributed by atoms with Crippen molar-refractivity contribution >= 4 is 29.1 Å². The molecule has 0 aromatic heterocycles. The summed E-state index contributed by atoms with van der Waals surface area (Å²) in [5.41, 5.74) is 2.83. The van der Waals surface area contributed by atoms with Crippen molar-refractivity contribution in [2.24, 2.45) is 0 Å². The van der Waals surface area contributed by atoms with Crippen molar-refractivity contribution in [3.05, 3.63) is 58.6 Å². The van der Waals surface area contributed by atoms with E-state index in [1.807, 2.05) is 29.2 Å². The summed E-state index contributed by atoms with van der Waals surface area (Å²) in [5, 5.41) is 3.36. The van der Waals surface area contributed by atoms with Crippen LogP contribution < -0.4 is 10.1 Å². The minimum absolute atomic E-state index is 0.0989. The molecule has 152 valence electrons. The van der Waals surface area contributed by atoms with Crippen LogP contribution in [-0.4, -0.2) is 60.9 Å². The number of piperazine rings is 1. The molecule has 2 amide bonds. The van der Waals surface area contributed by atoms with E-state index < -0.39 is 0 Å². The molecule has 0 saturated carbocycles. The molecule has 2 heterocycles. The van der Waals surface area contributed by atoms with E-state index in [2.05, 4.69) is 16.3 Å². The Bertz CT molecular complexity index is 910. The van der Waals surface area contributed by atoms with Crippen molar-refractivity contribution in [3.63, 3.8) is 0 Å². The fourth-order valence-electron chi connectivity index (χ4n) is 3.75. The summed E-state index contributed by atoms with van der Waals surface area (Å²) in [6.45, 7) is 3.63. The maximum atomic E-state index is 12.7. The van der Waals surface area contributed by atoms with Gasteiger partial charge in [-0.2, -0.15) is 0 Å². The standard InChI is InChI=1S/C22H24ClN3O3/c23-18-3-1-2-4-19(18)24-21(27)15-25-8-10-26(11-9-25)22(28)14-16-5-6-20-17(13-16)7-12-29-20/h1-6,13H,7-12,14-15H2,(H,24,27). The number of benzene rings is 2. The molecule has 0 spiro atoms. The van der Waals surface area contributed by atoms with Crippen molar-refractivity contribution in [1.82, 2.24) is 9.80 Å². The highest BCUT2D eigenvalue weighted by Crippen LogP contribution is 2.26. The summed E-state index contributed by atoms with van der Waals surface area (Å²) in [5.74, 6) is 0.965. The Morgan fingerprint density at radius 1 is 1.07 bits per heavy atom. The van der Waals surface area contributed by atoms with Gasteiger partial charge in [0.1, 0.15) is 5.75 Å². The topological polar surface area (TPSA) is 61.9 Å². The second-order valence-corrected chi connectivity index (χ2v) is 7.81. The molecule has 2 aliphatic heterocycles. The summed E-state index contributed by atoms with van der Waals surface area (Å²) in [7, 11) is 0. The Labute approximate surface area is 175 Å². The highest BCUT2D eigenvalue weighted by atomic mass is 35.5. The van der Waals surface area contributed by atoms with E-state index in [4.69, 9.17) is 16.3 Å². The highest BCUT2D eigenvalue weighted by molar-refractivity contribution is 6.33. The lowest BCUT2D eigenvalue weighted by Gasteiger charge is -2.34. The van der Waals surface area contributed by atoms with Crippen LogP contribution in [0, 0.1) is 0 Å². The highest BCUT2D eigenvalue weighted by Gasteiger charge is 2.23. The minimum atomic E-state index is -0.0989. The van der Waals surface area contributed by atoms with Crippen molar-refractivity contribution in [2.75, 3.05) is 44.6 Å². The lowest BCUT2D eigenvalue weighted by molar-refractivity contribution is -0.132. The predicted octanol–water partition coefficient (Wildman–Crippen LogP) is 2.60. The zero-order chi connectivity index (χ0) is 20.2. The number of carbonyl (C=O) groups excluding carboxylic acids is 2. The Morgan fingerprint density at radius 3 is 2.66 bits per heavy atom. The van der Waals surface area contributed by atoms with Gasteiger partial charge in [-0.15, -0.1) is 0 Å².